The fourth-order valence-corrected chi connectivity index (χ4v) is 5.25. The first-order valence-corrected chi connectivity index (χ1v) is 13.7. The molecule has 0 bridgehead atoms. The van der Waals surface area contributed by atoms with Crippen molar-refractivity contribution >= 4 is 5.69 Å². The van der Waals surface area contributed by atoms with E-state index in [9.17, 15) is 5.11 Å². The van der Waals surface area contributed by atoms with Crippen molar-refractivity contribution < 1.29 is 19.3 Å². The lowest BCUT2D eigenvalue weighted by Gasteiger charge is -2.32. The van der Waals surface area contributed by atoms with Crippen molar-refractivity contribution in [2.24, 2.45) is 0 Å². The summed E-state index contributed by atoms with van der Waals surface area (Å²) in [5, 5.41) is 9.93. The minimum absolute atomic E-state index is 0.343. The zero-order chi connectivity index (χ0) is 27.1. The van der Waals surface area contributed by atoms with E-state index in [1.54, 1.807) is 20.3 Å². The summed E-state index contributed by atoms with van der Waals surface area (Å²) < 4.78 is 17.4. The number of aromatic hydroxyl groups is 1. The number of hydrogen-bond acceptors (Lipinski definition) is 6. The van der Waals surface area contributed by atoms with Gasteiger partial charge >= 0.3 is 0 Å². The third-order valence-corrected chi connectivity index (χ3v) is 7.69. The van der Waals surface area contributed by atoms with Crippen molar-refractivity contribution in [3.8, 4) is 23.0 Å². The zero-order valence-corrected chi connectivity index (χ0v) is 23.5. The first-order chi connectivity index (χ1) is 18.4. The number of phenolic OH excluding ortho intramolecular Hbond substituents is 1. The Labute approximate surface area is 227 Å². The molecule has 0 saturated heterocycles. The molecule has 3 aromatic rings. The highest BCUT2D eigenvalue weighted by molar-refractivity contribution is 5.64. The van der Waals surface area contributed by atoms with Gasteiger partial charge in [-0.3, -0.25) is 0 Å². The highest BCUT2D eigenvalue weighted by Crippen LogP contribution is 2.43. The number of hydrogen-bond donors (Lipinski definition) is 1. The molecule has 1 unspecified atom stereocenters. The number of methoxy groups -OCH3 is 2. The first-order valence-electron chi connectivity index (χ1n) is 13.7. The summed E-state index contributed by atoms with van der Waals surface area (Å²) in [4.78, 5) is 4.65. The summed E-state index contributed by atoms with van der Waals surface area (Å²) in [6.45, 7) is 8.61. The van der Waals surface area contributed by atoms with Gasteiger partial charge in [0.15, 0.2) is 11.5 Å². The predicted molar refractivity (Wildman–Crippen MR) is 154 cm³/mol. The summed E-state index contributed by atoms with van der Waals surface area (Å²) in [7, 11) is 5.49. The monoisotopic (exact) mass is 518 g/mol. The predicted octanol–water partition coefficient (Wildman–Crippen LogP) is 6.04. The molecule has 0 saturated carbocycles. The lowest BCUT2D eigenvalue weighted by Crippen LogP contribution is -2.25. The molecule has 1 aliphatic carbocycles. The SMILES string of the molecule is CCN(C)CCOc1ccc(CN(CC)c2cc(OC)c(OC)cc2C2CCc3cc(O)ccc3C2)cc1. The molecule has 3 aromatic carbocycles. The van der Waals surface area contributed by atoms with Crippen molar-refractivity contribution in [1.82, 2.24) is 4.90 Å². The van der Waals surface area contributed by atoms with Crippen molar-refractivity contribution in [1.29, 1.82) is 0 Å². The van der Waals surface area contributed by atoms with Crippen molar-refractivity contribution in [2.45, 2.75) is 45.6 Å². The molecule has 38 heavy (non-hydrogen) atoms. The van der Waals surface area contributed by atoms with Crippen LogP contribution in [0.25, 0.3) is 0 Å². The number of rotatable bonds is 12. The average Bonchev–Trinajstić information content (AvgIpc) is 2.95. The normalized spacial score (nSPS) is 14.7. The van der Waals surface area contributed by atoms with E-state index >= 15 is 0 Å². The van der Waals surface area contributed by atoms with Crippen LogP contribution in [0.15, 0.2) is 54.6 Å². The Balaban J connectivity index is 1.57. The molecule has 0 heterocycles. The van der Waals surface area contributed by atoms with Crippen LogP contribution in [-0.2, 0) is 19.4 Å². The molecule has 1 N–H and O–H groups in total. The van der Waals surface area contributed by atoms with E-state index < -0.39 is 0 Å². The van der Waals surface area contributed by atoms with Crippen molar-refractivity contribution in [3.63, 3.8) is 0 Å². The molecule has 204 valence electrons. The number of anilines is 1. The van der Waals surface area contributed by atoms with Gasteiger partial charge in [-0.05, 0) is 98.3 Å². The highest BCUT2D eigenvalue weighted by Gasteiger charge is 2.26. The third-order valence-electron chi connectivity index (χ3n) is 7.69. The minimum atomic E-state index is 0.343. The molecule has 0 aliphatic heterocycles. The number of benzene rings is 3. The molecule has 4 rings (SSSR count). The average molecular weight is 519 g/mol. The maximum absolute atomic E-state index is 9.93. The van der Waals surface area contributed by atoms with Crippen LogP contribution in [0.4, 0.5) is 5.69 Å². The largest absolute Gasteiger partial charge is 0.508 e. The van der Waals surface area contributed by atoms with Gasteiger partial charge in [-0.15, -0.1) is 0 Å². The Hall–Kier alpha value is -3.38. The smallest absolute Gasteiger partial charge is 0.162 e. The number of fused-ring (bicyclic) bond motifs is 1. The van der Waals surface area contributed by atoms with Gasteiger partial charge in [0.2, 0.25) is 0 Å². The Morgan fingerprint density at radius 1 is 0.895 bits per heavy atom. The van der Waals surface area contributed by atoms with Crippen LogP contribution in [0, 0.1) is 0 Å². The van der Waals surface area contributed by atoms with E-state index in [0.29, 0.717) is 18.3 Å². The van der Waals surface area contributed by atoms with Gasteiger partial charge in [0.25, 0.3) is 0 Å². The molecule has 1 aliphatic rings. The number of phenols is 1. The fourth-order valence-electron chi connectivity index (χ4n) is 5.25. The van der Waals surface area contributed by atoms with Crippen LogP contribution in [-0.4, -0.2) is 57.5 Å². The second-order valence-electron chi connectivity index (χ2n) is 10.1. The quantitative estimate of drug-likeness (QED) is 0.316. The third kappa shape index (κ3) is 6.54. The first kappa shape index (κ1) is 27.6. The van der Waals surface area contributed by atoms with E-state index in [-0.39, 0.29) is 0 Å². The summed E-state index contributed by atoms with van der Waals surface area (Å²) in [6, 6.07) is 18.5. The molecule has 6 heteroatoms. The Morgan fingerprint density at radius 3 is 2.32 bits per heavy atom. The van der Waals surface area contributed by atoms with Crippen molar-refractivity contribution in [2.75, 3.05) is 52.4 Å². The van der Waals surface area contributed by atoms with Gasteiger partial charge in [0.1, 0.15) is 18.1 Å². The van der Waals surface area contributed by atoms with E-state index in [4.69, 9.17) is 14.2 Å². The molecule has 1 atom stereocenters. The fraction of sp³-hybridized carbons (Fsp3) is 0.438. The maximum Gasteiger partial charge on any atom is 0.162 e. The molecule has 6 nitrogen and oxygen atoms in total. The standard InChI is InChI=1S/C32H42N2O4/c1-6-33(3)16-17-38-28-14-8-23(9-15-28)22-34(7-2)30-21-32(37-5)31(36-4)20-29(30)26-11-10-25-19-27(35)13-12-24(25)18-26/h8-9,12-15,19-21,26,35H,6-7,10-11,16-18,22H2,1-5H3. The van der Waals surface area contributed by atoms with Gasteiger partial charge in [0, 0.05) is 31.4 Å². The number of ether oxygens (including phenoxy) is 3. The van der Waals surface area contributed by atoms with E-state index in [0.717, 1.165) is 62.7 Å². The molecule has 0 amide bonds. The number of nitrogens with zero attached hydrogens (tertiary/aromatic N) is 2. The molecule has 0 aromatic heterocycles. The molecule has 0 fully saturated rings. The highest BCUT2D eigenvalue weighted by atomic mass is 16.5. The molecular weight excluding hydrogens is 476 g/mol. The van der Waals surface area contributed by atoms with E-state index in [2.05, 4.69) is 73.2 Å². The summed E-state index contributed by atoms with van der Waals surface area (Å²) in [6.07, 6.45) is 2.91. The molecule has 0 spiro atoms. The summed E-state index contributed by atoms with van der Waals surface area (Å²) in [5.41, 5.74) is 6.25. The second-order valence-corrected chi connectivity index (χ2v) is 10.1. The Morgan fingerprint density at radius 2 is 1.63 bits per heavy atom. The van der Waals surface area contributed by atoms with Crippen LogP contribution in [0.3, 0.4) is 0 Å². The van der Waals surface area contributed by atoms with Gasteiger partial charge in [-0.25, -0.2) is 0 Å². The van der Waals surface area contributed by atoms with Gasteiger partial charge in [-0.1, -0.05) is 25.1 Å². The Kier molecular flexibility index (Phi) is 9.40. The van der Waals surface area contributed by atoms with Crippen molar-refractivity contribution in [3.05, 3.63) is 76.9 Å². The lowest BCUT2D eigenvalue weighted by molar-refractivity contribution is 0.244. The molecular formula is C32H42N2O4. The van der Waals surface area contributed by atoms with E-state index in [1.165, 1.54) is 27.9 Å². The van der Waals surface area contributed by atoms with Gasteiger partial charge < -0.3 is 29.1 Å². The van der Waals surface area contributed by atoms with Crippen LogP contribution in [0.1, 0.15) is 48.4 Å². The summed E-state index contributed by atoms with van der Waals surface area (Å²) in [5.74, 6) is 3.10. The number of aryl methyl sites for hydroxylation is 1. The second kappa shape index (κ2) is 12.9. The van der Waals surface area contributed by atoms with Crippen LogP contribution >= 0.6 is 0 Å². The number of likely N-dealkylation sites (N-methyl/N-ethyl adjacent to an activating group) is 1. The van der Waals surface area contributed by atoms with Crippen LogP contribution in [0.2, 0.25) is 0 Å². The van der Waals surface area contributed by atoms with Gasteiger partial charge in [-0.2, -0.15) is 0 Å². The van der Waals surface area contributed by atoms with E-state index in [1.807, 2.05) is 6.07 Å². The topological polar surface area (TPSA) is 54.4 Å². The maximum atomic E-state index is 9.93. The van der Waals surface area contributed by atoms with Crippen LogP contribution in [0.5, 0.6) is 23.0 Å². The van der Waals surface area contributed by atoms with Gasteiger partial charge in [0.05, 0.1) is 14.2 Å². The lowest BCUT2D eigenvalue weighted by atomic mass is 9.79. The molecule has 0 radical (unpaired) electrons. The minimum Gasteiger partial charge on any atom is -0.508 e. The summed E-state index contributed by atoms with van der Waals surface area (Å²) >= 11 is 0. The zero-order valence-electron chi connectivity index (χ0n) is 23.5. The Bertz CT molecular complexity index is 1190. The van der Waals surface area contributed by atoms with Crippen LogP contribution < -0.4 is 19.1 Å².